The van der Waals surface area contributed by atoms with Crippen LogP contribution in [0.25, 0.3) is 0 Å². The molecule has 5 aliphatic heterocycles. The first-order valence-electron chi connectivity index (χ1n) is 18.2. The average Bonchev–Trinajstić information content (AvgIpc) is 3.76. The van der Waals surface area contributed by atoms with Gasteiger partial charge in [0.05, 0.1) is 61.3 Å². The summed E-state index contributed by atoms with van der Waals surface area (Å²) in [4.78, 5) is 0. The van der Waals surface area contributed by atoms with Gasteiger partial charge in [0.15, 0.2) is 0 Å². The number of hydrogen-bond donors (Lipinski definition) is 8. The Morgan fingerprint density at radius 2 is 0.628 bits per heavy atom. The molecule has 17 atom stereocenters. The largest absolute Gasteiger partial charge is 0.286 e. The molecule has 8 bridgehead atoms. The summed E-state index contributed by atoms with van der Waals surface area (Å²) in [6.45, 7) is 0. The van der Waals surface area contributed by atoms with E-state index >= 15 is 0 Å². The van der Waals surface area contributed by atoms with Crippen LogP contribution in [0, 0.1) is 64.6 Å². The van der Waals surface area contributed by atoms with Crippen molar-refractivity contribution in [2.24, 2.45) is 53.3 Å². The van der Waals surface area contributed by atoms with E-state index in [0.29, 0.717) is 84.3 Å². The van der Waals surface area contributed by atoms with Crippen LogP contribution in [0.15, 0.2) is 0 Å². The summed E-state index contributed by atoms with van der Waals surface area (Å²) in [5.74, 6) is 5.11. The van der Waals surface area contributed by atoms with Crippen molar-refractivity contribution in [1.82, 2.24) is 42.5 Å². The van der Waals surface area contributed by atoms with Gasteiger partial charge in [-0.1, -0.05) is 44.9 Å². The van der Waals surface area contributed by atoms with Crippen molar-refractivity contribution in [2.45, 2.75) is 146 Å². The summed E-state index contributed by atoms with van der Waals surface area (Å²) in [6, 6.07) is 2.77. The van der Waals surface area contributed by atoms with Gasteiger partial charge in [0, 0.05) is 23.0 Å². The summed E-state index contributed by atoms with van der Waals surface area (Å²) in [5.41, 5.74) is 0. The fourth-order valence-corrected chi connectivity index (χ4v) is 12.2. The van der Waals surface area contributed by atoms with Gasteiger partial charge in [-0.3, -0.25) is 42.5 Å². The van der Waals surface area contributed by atoms with Crippen LogP contribution in [0.3, 0.4) is 0 Å². The molecule has 4 saturated carbocycles. The molecule has 5 heterocycles. The third-order valence-corrected chi connectivity index (χ3v) is 14.1. The molecule has 0 amide bonds. The van der Waals surface area contributed by atoms with Gasteiger partial charge in [-0.25, -0.2) is 0 Å². The third-order valence-electron chi connectivity index (χ3n) is 14.1. The van der Waals surface area contributed by atoms with Crippen LogP contribution < -0.4 is 42.5 Å². The third kappa shape index (κ3) is 5.17. The summed E-state index contributed by atoms with van der Waals surface area (Å²) in [5, 5.41) is 43.7. The molecular formula is C33H55CuN9. The minimum Gasteiger partial charge on any atom is -0.286 e. The molecule has 17 unspecified atom stereocenters. The van der Waals surface area contributed by atoms with Crippen LogP contribution >= 0.6 is 0 Å². The molecule has 1 radical (unpaired) electrons. The molecule has 9 nitrogen and oxygen atoms in total. The standard InChI is InChI=1S/C33H55N9.Cu/c34-16-17-8-7-15-24-25(17)33-41-31-23-14-6-5-13-22(23)29(39-31)37-27-19-10-2-1-9-18(19)26(35-27)36-28-20-11-3-4-12-21(20)30(38-28)40-32(24)42-33;/h17-33,35-42H,1-15H2;. The Labute approximate surface area is 269 Å². The van der Waals surface area contributed by atoms with Crippen LogP contribution in [0.2, 0.25) is 0 Å². The maximum Gasteiger partial charge on any atom is 0.0659 e. The van der Waals surface area contributed by atoms with Gasteiger partial charge in [-0.05, 0) is 92.8 Å². The number of hydrogen-bond acceptors (Lipinski definition) is 9. The van der Waals surface area contributed by atoms with Crippen LogP contribution in [-0.4, -0.2) is 49.3 Å². The summed E-state index contributed by atoms with van der Waals surface area (Å²) in [7, 11) is 0. The van der Waals surface area contributed by atoms with E-state index in [0.717, 1.165) is 6.42 Å². The van der Waals surface area contributed by atoms with Crippen LogP contribution in [0.4, 0.5) is 0 Å². The fourth-order valence-electron chi connectivity index (χ4n) is 12.2. The SMILES string of the molecule is N#CC1CCCC2C3NC4NC(NC5NC(NC6NC(NC(N3)C12)C1CCCCC61)C1CCCCC51)C1CCCCC41.[Cu]. The molecule has 43 heavy (non-hydrogen) atoms. The zero-order valence-electron chi connectivity index (χ0n) is 25.7. The fraction of sp³-hybridized carbons (Fsp3) is 0.970. The maximum atomic E-state index is 10.3. The smallest absolute Gasteiger partial charge is 0.0659 e. The Kier molecular flexibility index (Phi) is 8.65. The molecule has 8 N–H and O–H groups in total. The van der Waals surface area contributed by atoms with Crippen molar-refractivity contribution >= 4 is 0 Å². The summed E-state index contributed by atoms with van der Waals surface area (Å²) >= 11 is 0. The van der Waals surface area contributed by atoms with Crippen molar-refractivity contribution < 1.29 is 17.1 Å². The van der Waals surface area contributed by atoms with Gasteiger partial charge in [0.2, 0.25) is 0 Å². The Bertz CT molecular complexity index is 1040. The predicted molar refractivity (Wildman–Crippen MR) is 162 cm³/mol. The van der Waals surface area contributed by atoms with Crippen molar-refractivity contribution in [3.05, 3.63) is 0 Å². The number of nitrogens with one attached hydrogen (secondary N) is 8. The number of rotatable bonds is 0. The molecule has 0 spiro atoms. The number of nitrogens with zero attached hydrogens (tertiary/aromatic N) is 1. The average molecular weight is 641 g/mol. The molecular weight excluding hydrogens is 586 g/mol. The van der Waals surface area contributed by atoms with Gasteiger partial charge in [-0.2, -0.15) is 5.26 Å². The molecule has 4 aliphatic carbocycles. The topological polar surface area (TPSA) is 120 Å². The molecule has 10 heteroatoms. The Balaban J connectivity index is 0.00000278. The van der Waals surface area contributed by atoms with E-state index in [9.17, 15) is 5.26 Å². The van der Waals surface area contributed by atoms with E-state index in [-0.39, 0.29) is 35.3 Å². The molecule has 9 rings (SSSR count). The monoisotopic (exact) mass is 640 g/mol. The first kappa shape index (κ1) is 30.1. The summed E-state index contributed by atoms with van der Waals surface area (Å²) < 4.78 is 0. The van der Waals surface area contributed by atoms with Gasteiger partial charge in [0.1, 0.15) is 0 Å². The van der Waals surface area contributed by atoms with E-state index in [1.165, 1.54) is 89.9 Å². The van der Waals surface area contributed by atoms with Crippen molar-refractivity contribution in [1.29, 1.82) is 5.26 Å². The minimum absolute atomic E-state index is 0. The van der Waals surface area contributed by atoms with E-state index in [1.807, 2.05) is 0 Å². The molecule has 0 aromatic carbocycles. The first-order chi connectivity index (χ1) is 20.7. The predicted octanol–water partition coefficient (Wildman–Crippen LogP) is 2.35. The Hall–Kier alpha value is -0.311. The van der Waals surface area contributed by atoms with Crippen LogP contribution in [-0.2, 0) is 17.1 Å². The molecule has 0 aromatic heterocycles. The van der Waals surface area contributed by atoms with E-state index in [1.54, 1.807) is 0 Å². The second-order valence-corrected chi connectivity index (χ2v) is 15.9. The molecule has 0 aromatic rings. The van der Waals surface area contributed by atoms with Crippen molar-refractivity contribution in [3.8, 4) is 6.07 Å². The first-order valence-corrected chi connectivity index (χ1v) is 18.2. The van der Waals surface area contributed by atoms with Crippen LogP contribution in [0.1, 0.15) is 96.3 Å². The Morgan fingerprint density at radius 1 is 0.349 bits per heavy atom. The second-order valence-electron chi connectivity index (χ2n) is 15.9. The zero-order valence-corrected chi connectivity index (χ0v) is 26.6. The zero-order chi connectivity index (χ0) is 27.8. The van der Waals surface area contributed by atoms with E-state index < -0.39 is 0 Å². The maximum absolute atomic E-state index is 10.3. The quantitative estimate of drug-likeness (QED) is 0.189. The Morgan fingerprint density at radius 3 is 0.953 bits per heavy atom. The van der Waals surface area contributed by atoms with Crippen LogP contribution in [0.5, 0.6) is 0 Å². The van der Waals surface area contributed by atoms with E-state index in [4.69, 9.17) is 0 Å². The van der Waals surface area contributed by atoms with Crippen molar-refractivity contribution in [3.63, 3.8) is 0 Å². The molecule has 5 saturated heterocycles. The number of fused-ring (bicyclic) bond motifs is 20. The minimum atomic E-state index is 0. The molecule has 243 valence electrons. The van der Waals surface area contributed by atoms with Crippen molar-refractivity contribution in [2.75, 3.05) is 0 Å². The van der Waals surface area contributed by atoms with Gasteiger partial charge in [0.25, 0.3) is 0 Å². The van der Waals surface area contributed by atoms with E-state index in [2.05, 4.69) is 48.6 Å². The molecule has 9 aliphatic rings. The van der Waals surface area contributed by atoms with Gasteiger partial charge in [-0.15, -0.1) is 0 Å². The van der Waals surface area contributed by atoms with Gasteiger partial charge >= 0.3 is 0 Å². The molecule has 9 fully saturated rings. The second kappa shape index (κ2) is 12.4. The van der Waals surface area contributed by atoms with Gasteiger partial charge < -0.3 is 0 Å². The summed E-state index contributed by atoms with van der Waals surface area (Å²) in [6.07, 6.45) is 22.1. The normalized spacial score (nSPS) is 55.7. The number of nitriles is 1.